The molecule has 88 valence electrons. The minimum Gasteiger partial charge on any atom is -0.477 e. The second-order valence-corrected chi connectivity index (χ2v) is 3.99. The molecule has 2 rings (SSSR count). The predicted molar refractivity (Wildman–Crippen MR) is 63.1 cm³/mol. The van der Waals surface area contributed by atoms with E-state index in [2.05, 4.69) is 4.98 Å². The molecule has 1 aromatic heterocycles. The second kappa shape index (κ2) is 4.10. The van der Waals surface area contributed by atoms with Crippen LogP contribution in [0.1, 0.15) is 16.1 Å². The highest BCUT2D eigenvalue weighted by Gasteiger charge is 2.16. The molecule has 0 aliphatic heterocycles. The summed E-state index contributed by atoms with van der Waals surface area (Å²) in [5.41, 5.74) is 0.591. The van der Waals surface area contributed by atoms with E-state index in [1.807, 2.05) is 0 Å². The minimum atomic E-state index is -1.18. The lowest BCUT2D eigenvalue weighted by Crippen LogP contribution is -2.19. The van der Waals surface area contributed by atoms with Gasteiger partial charge in [-0.15, -0.1) is 0 Å². The number of nitrogens with one attached hydrogen (secondary N) is 1. The first-order valence-corrected chi connectivity index (χ1v) is 5.19. The second-order valence-electron chi connectivity index (χ2n) is 3.55. The molecule has 0 aliphatic carbocycles. The van der Waals surface area contributed by atoms with Crippen LogP contribution in [-0.4, -0.2) is 20.6 Å². The molecule has 2 N–H and O–H groups in total. The molecule has 6 heteroatoms. The van der Waals surface area contributed by atoms with E-state index in [1.165, 1.54) is 0 Å². The highest BCUT2D eigenvalue weighted by molar-refractivity contribution is 6.30. The number of aromatic nitrogens is 2. The summed E-state index contributed by atoms with van der Waals surface area (Å²) in [6.07, 6.45) is 1.16. The fraction of sp³-hybridized carbons (Fsp3) is 0.0909. The Labute approximate surface area is 101 Å². The van der Waals surface area contributed by atoms with Gasteiger partial charge in [-0.05, 0) is 24.6 Å². The number of aromatic carboxylic acids is 1. The van der Waals surface area contributed by atoms with Crippen molar-refractivity contribution in [2.45, 2.75) is 6.92 Å². The normalized spacial score (nSPS) is 10.5. The number of rotatable bonds is 2. The number of carbonyl (C=O) groups is 1. The maximum absolute atomic E-state index is 11.6. The molecule has 0 aliphatic rings. The molecule has 0 radical (unpaired) electrons. The Kier molecular flexibility index (Phi) is 2.77. The molecule has 5 nitrogen and oxygen atoms in total. The fourth-order valence-corrected chi connectivity index (χ4v) is 1.75. The zero-order valence-corrected chi connectivity index (χ0v) is 9.65. The third-order valence-corrected chi connectivity index (χ3v) is 2.64. The van der Waals surface area contributed by atoms with Crippen LogP contribution in [0.2, 0.25) is 5.02 Å². The molecule has 0 amide bonds. The van der Waals surface area contributed by atoms with Crippen LogP contribution in [0.5, 0.6) is 0 Å². The number of carboxylic acids is 1. The van der Waals surface area contributed by atoms with Crippen molar-refractivity contribution in [1.29, 1.82) is 0 Å². The summed E-state index contributed by atoms with van der Waals surface area (Å²) in [5, 5.41) is 9.43. The quantitative estimate of drug-likeness (QED) is 0.856. The Morgan fingerprint density at radius 1 is 1.47 bits per heavy atom. The summed E-state index contributed by atoms with van der Waals surface area (Å²) in [5.74, 6) is -1.18. The van der Waals surface area contributed by atoms with E-state index in [-0.39, 0.29) is 5.69 Å². The molecule has 0 fully saturated rings. The highest BCUT2D eigenvalue weighted by Crippen LogP contribution is 2.19. The van der Waals surface area contributed by atoms with Gasteiger partial charge in [0.15, 0.2) is 5.69 Å². The maximum atomic E-state index is 11.6. The third-order valence-electron chi connectivity index (χ3n) is 2.41. The molecule has 0 spiro atoms. The standard InChI is InChI=1S/C11H9ClN2O3/c1-6-2-3-7(12)4-8(6)14-9(10(15)16)5-13-11(14)17/h2-5H,1H3,(H,13,17)(H,15,16). The first kappa shape index (κ1) is 11.5. The van der Waals surface area contributed by atoms with Crippen molar-refractivity contribution in [3.63, 3.8) is 0 Å². The van der Waals surface area contributed by atoms with E-state index >= 15 is 0 Å². The molecular weight excluding hydrogens is 244 g/mol. The van der Waals surface area contributed by atoms with Crippen molar-refractivity contribution in [3.05, 3.63) is 51.2 Å². The molecule has 1 heterocycles. The van der Waals surface area contributed by atoms with E-state index in [9.17, 15) is 9.59 Å². The van der Waals surface area contributed by atoms with Crippen LogP contribution < -0.4 is 5.69 Å². The van der Waals surface area contributed by atoms with E-state index in [4.69, 9.17) is 16.7 Å². The van der Waals surface area contributed by atoms with Crippen molar-refractivity contribution in [3.8, 4) is 5.69 Å². The Morgan fingerprint density at radius 2 is 2.18 bits per heavy atom. The molecule has 17 heavy (non-hydrogen) atoms. The number of imidazole rings is 1. The van der Waals surface area contributed by atoms with Gasteiger partial charge in [0.25, 0.3) is 0 Å². The third kappa shape index (κ3) is 1.97. The van der Waals surface area contributed by atoms with Gasteiger partial charge in [-0.2, -0.15) is 0 Å². The lowest BCUT2D eigenvalue weighted by atomic mass is 10.2. The van der Waals surface area contributed by atoms with Gasteiger partial charge >= 0.3 is 11.7 Å². The number of hydrogen-bond acceptors (Lipinski definition) is 2. The Balaban J connectivity index is 2.76. The van der Waals surface area contributed by atoms with Gasteiger partial charge in [0.1, 0.15) is 0 Å². The first-order chi connectivity index (χ1) is 8.00. The first-order valence-electron chi connectivity index (χ1n) is 4.81. The van der Waals surface area contributed by atoms with Gasteiger partial charge in [-0.25, -0.2) is 9.59 Å². The molecule has 1 aromatic carbocycles. The van der Waals surface area contributed by atoms with E-state index in [0.29, 0.717) is 10.7 Å². The summed E-state index contributed by atoms with van der Waals surface area (Å²) in [4.78, 5) is 24.9. The number of aryl methyl sites for hydroxylation is 1. The SMILES string of the molecule is Cc1ccc(Cl)cc1-n1c(C(=O)O)c[nH]c1=O. The van der Waals surface area contributed by atoms with E-state index < -0.39 is 11.7 Å². The van der Waals surface area contributed by atoms with Crippen LogP contribution in [0, 0.1) is 6.92 Å². The number of hydrogen-bond donors (Lipinski definition) is 2. The van der Waals surface area contributed by atoms with Crippen LogP contribution >= 0.6 is 11.6 Å². The molecule has 0 unspecified atom stereocenters. The van der Waals surface area contributed by atoms with Gasteiger partial charge in [-0.3, -0.25) is 4.57 Å². The largest absolute Gasteiger partial charge is 0.477 e. The van der Waals surface area contributed by atoms with E-state index in [1.54, 1.807) is 25.1 Å². The van der Waals surface area contributed by atoms with E-state index in [0.717, 1.165) is 16.3 Å². The molecule has 0 atom stereocenters. The van der Waals surface area contributed by atoms with Gasteiger partial charge in [-0.1, -0.05) is 17.7 Å². The van der Waals surface area contributed by atoms with Gasteiger partial charge in [0.2, 0.25) is 0 Å². The topological polar surface area (TPSA) is 75.1 Å². The zero-order valence-electron chi connectivity index (χ0n) is 8.90. The van der Waals surface area contributed by atoms with Gasteiger partial charge < -0.3 is 10.1 Å². The summed E-state index contributed by atoms with van der Waals surface area (Å²) in [6.45, 7) is 1.77. The van der Waals surface area contributed by atoms with Gasteiger partial charge in [0.05, 0.1) is 5.69 Å². The fourth-order valence-electron chi connectivity index (χ4n) is 1.59. The smallest absolute Gasteiger partial charge is 0.354 e. The van der Waals surface area contributed by atoms with Gasteiger partial charge in [0, 0.05) is 11.2 Å². The highest BCUT2D eigenvalue weighted by atomic mass is 35.5. The van der Waals surface area contributed by atoms with Crippen LogP contribution in [-0.2, 0) is 0 Å². The Morgan fingerprint density at radius 3 is 2.82 bits per heavy atom. The number of benzene rings is 1. The van der Waals surface area contributed by atoms with Crippen LogP contribution in [0.15, 0.2) is 29.2 Å². The Bertz CT molecular complexity index is 642. The number of halogens is 1. The average molecular weight is 253 g/mol. The predicted octanol–water partition coefficient (Wildman–Crippen LogP) is 1.83. The molecular formula is C11H9ClN2O3. The van der Waals surface area contributed by atoms with Crippen molar-refractivity contribution in [2.75, 3.05) is 0 Å². The molecule has 2 aromatic rings. The van der Waals surface area contributed by atoms with Crippen LogP contribution in [0.4, 0.5) is 0 Å². The van der Waals surface area contributed by atoms with Crippen LogP contribution in [0.25, 0.3) is 5.69 Å². The van der Waals surface area contributed by atoms with Crippen molar-refractivity contribution >= 4 is 17.6 Å². The van der Waals surface area contributed by atoms with Crippen molar-refractivity contribution in [2.24, 2.45) is 0 Å². The summed E-state index contributed by atoms with van der Waals surface area (Å²) >= 11 is 5.84. The number of aromatic amines is 1. The number of carboxylic acid groups (broad SMARTS) is 1. The maximum Gasteiger partial charge on any atom is 0.354 e. The minimum absolute atomic E-state index is 0.125. The number of H-pyrrole nitrogens is 1. The molecule has 0 saturated carbocycles. The summed E-state index contributed by atoms with van der Waals surface area (Å²) in [6, 6.07) is 4.96. The Hall–Kier alpha value is -2.01. The van der Waals surface area contributed by atoms with Crippen molar-refractivity contribution in [1.82, 2.24) is 9.55 Å². The van der Waals surface area contributed by atoms with Crippen LogP contribution in [0.3, 0.4) is 0 Å². The molecule has 0 bridgehead atoms. The summed E-state index contributed by atoms with van der Waals surface area (Å²) in [7, 11) is 0. The summed E-state index contributed by atoms with van der Waals surface area (Å²) < 4.78 is 1.09. The lowest BCUT2D eigenvalue weighted by molar-refractivity contribution is 0.0688. The zero-order chi connectivity index (χ0) is 12.6. The lowest BCUT2D eigenvalue weighted by Gasteiger charge is -2.08. The van der Waals surface area contributed by atoms with Crippen molar-refractivity contribution < 1.29 is 9.90 Å². The average Bonchev–Trinajstić information content (AvgIpc) is 2.64. The molecule has 0 saturated heterocycles. The monoisotopic (exact) mass is 252 g/mol. The number of nitrogens with zero attached hydrogens (tertiary/aromatic N) is 1.